The second kappa shape index (κ2) is 36.8. The zero-order valence-electron chi connectivity index (χ0n) is 69.2. The highest BCUT2D eigenvalue weighted by Gasteiger charge is 2.63. The van der Waals surface area contributed by atoms with Gasteiger partial charge in [-0.15, -0.1) is 0 Å². The van der Waals surface area contributed by atoms with E-state index in [-0.39, 0.29) is 94.3 Å². The van der Waals surface area contributed by atoms with E-state index in [1.54, 1.807) is 100 Å². The van der Waals surface area contributed by atoms with Gasteiger partial charge in [0.25, 0.3) is 23.4 Å². The van der Waals surface area contributed by atoms with Crippen LogP contribution in [0.15, 0.2) is 129 Å². The van der Waals surface area contributed by atoms with Gasteiger partial charge in [0, 0.05) is 47.0 Å². The SMILES string of the molecule is Cc1cccc2c1OP(=O)(OC[C@@]1(F)O[C@@H](n3cc(Cl)c(=S)[nH]c3=O)[C@H](O)[C@@H]1O)OC2.[2H]C([2H])(OP1(=O)OCc2cccc(C)c2O1)[C@@]1(F)O[C@@H](n2cc(Cl)c(=S)[nH]c2=O)[C@H](O)[C@@H]1O.[2H]C([2H])(OP1(=O)OCc2cccc(C)c2O1)[C@@]1(F)O[C@@]([2H])(N2C=C(Cl)C(=S)NC2=C)[C@H](O)[C@@H]1O.[2H][C@@]1(n2cc(Cl)c(=S)[nH]c2=O)O[C@](F)(COP2(=O)OCc3cccc(C)c3O2)[C@@H](O)[C@H]1O. The van der Waals surface area contributed by atoms with Crippen LogP contribution in [0.25, 0.3) is 0 Å². The molecule has 12 N–H and O–H groups in total. The Hall–Kier alpha value is -6.45. The molecule has 4 aromatic carbocycles. The van der Waals surface area contributed by atoms with Gasteiger partial charge < -0.3 is 88.1 Å². The predicted octanol–water partition coefficient (Wildman–Crippen LogP) is 10.1. The third kappa shape index (κ3) is 19.7. The molecule has 0 saturated carbocycles. The number of aliphatic hydroxyl groups is 8. The first-order valence-corrected chi connectivity index (χ1v) is 44.3. The van der Waals surface area contributed by atoms with Crippen LogP contribution in [-0.2, 0) is 99.8 Å². The molecule has 672 valence electrons. The van der Waals surface area contributed by atoms with Crippen LogP contribution in [0.1, 0.15) is 71.4 Å². The molecule has 7 aromatic rings. The van der Waals surface area contributed by atoms with E-state index in [0.29, 0.717) is 58.5 Å². The molecular formula is C69H70Cl4F4N8O31P4S4. The second-order valence-electron chi connectivity index (χ2n) is 27.5. The fourth-order valence-corrected chi connectivity index (χ4v) is 18.4. The average Bonchev–Trinajstić information content (AvgIpc) is 1.55. The minimum Gasteiger partial charge on any atom is -0.403 e. The summed E-state index contributed by atoms with van der Waals surface area (Å²) in [6, 6.07) is 20.2. The number of hydrogen-bond acceptors (Lipinski definition) is 36. The van der Waals surface area contributed by atoms with E-state index in [1.807, 2.05) is 0 Å². The summed E-state index contributed by atoms with van der Waals surface area (Å²) >= 11 is 42.9. The maximum atomic E-state index is 15.9. The van der Waals surface area contributed by atoms with Gasteiger partial charge in [0.2, 0.25) is 0 Å². The Morgan fingerprint density at radius 1 is 0.476 bits per heavy atom. The summed E-state index contributed by atoms with van der Waals surface area (Å²) in [5.41, 5.74) is 1.75. The van der Waals surface area contributed by atoms with Gasteiger partial charge in [0.15, 0.2) is 24.9 Å². The minimum absolute atomic E-state index is 0.0185. The molecule has 0 spiro atoms. The fourth-order valence-electron chi connectivity index (χ4n) is 12.3. The monoisotopic (exact) mass is 1980 g/mol. The number of fused-ring (bicyclic) bond motifs is 4. The summed E-state index contributed by atoms with van der Waals surface area (Å²) < 4.78 is 246. The van der Waals surface area contributed by atoms with Crippen molar-refractivity contribution in [1.82, 2.24) is 38.9 Å². The molecule has 0 radical (unpaired) electrons. The van der Waals surface area contributed by atoms with Crippen molar-refractivity contribution in [2.24, 2.45) is 0 Å². The van der Waals surface area contributed by atoms with Gasteiger partial charge in [-0.3, -0.25) is 64.8 Å². The number of thiocarbonyl (C=S) groups is 1. The molecule has 55 heteroatoms. The quantitative estimate of drug-likeness (QED) is 0.0243. The lowest BCUT2D eigenvalue weighted by molar-refractivity contribution is -0.207. The van der Waals surface area contributed by atoms with Gasteiger partial charge in [0.1, 0.15) is 123 Å². The minimum atomic E-state index is -4.78. The van der Waals surface area contributed by atoms with Crippen LogP contribution < -0.4 is 40.5 Å². The van der Waals surface area contributed by atoms with Crippen LogP contribution in [0.5, 0.6) is 23.0 Å². The zero-order valence-corrected chi connectivity index (χ0v) is 73.0. The molecule has 20 atom stereocenters. The number of halogens is 8. The maximum Gasteiger partial charge on any atom is 0.530 e. The van der Waals surface area contributed by atoms with Gasteiger partial charge in [0.05, 0.1) is 54.8 Å². The first kappa shape index (κ1) is 86.9. The van der Waals surface area contributed by atoms with Crippen molar-refractivity contribution < 1.29 is 158 Å². The Kier molecular flexibility index (Phi) is 25.8. The van der Waals surface area contributed by atoms with Crippen molar-refractivity contribution in [3.8, 4) is 23.0 Å². The van der Waals surface area contributed by atoms with Crippen molar-refractivity contribution in [2.75, 3.05) is 26.3 Å². The molecule has 16 rings (SSSR count). The summed E-state index contributed by atoms with van der Waals surface area (Å²) in [4.78, 5) is 43.8. The lowest BCUT2D eigenvalue weighted by Gasteiger charge is -2.34. The summed E-state index contributed by atoms with van der Waals surface area (Å²) in [7, 11) is -18.1. The molecule has 4 fully saturated rings. The lowest BCUT2D eigenvalue weighted by atomic mass is 10.1. The Bertz CT molecular complexity index is 6360. The smallest absolute Gasteiger partial charge is 0.403 e. The third-order valence-electron chi connectivity index (χ3n) is 18.8. The molecular weight excluding hydrogens is 1910 g/mol. The Labute approximate surface area is 744 Å². The molecule has 39 nitrogen and oxygen atoms in total. The molecule has 4 saturated heterocycles. The van der Waals surface area contributed by atoms with Crippen LogP contribution in [-0.4, -0.2) is 184 Å². The lowest BCUT2D eigenvalue weighted by Crippen LogP contribution is -2.47. The predicted molar refractivity (Wildman–Crippen MR) is 433 cm³/mol. The van der Waals surface area contributed by atoms with E-state index in [0.717, 1.165) is 29.4 Å². The van der Waals surface area contributed by atoms with Crippen molar-refractivity contribution in [1.29, 1.82) is 0 Å². The van der Waals surface area contributed by atoms with Crippen molar-refractivity contribution in [2.45, 2.75) is 151 Å². The Balaban J connectivity index is 0.000000148. The normalized spacial score (nSPS) is 35.3. The van der Waals surface area contributed by atoms with Gasteiger partial charge in [-0.1, -0.05) is 175 Å². The number of H-pyrrole nitrogens is 3. The number of hydrogen-bond donors (Lipinski definition) is 12. The highest BCUT2D eigenvalue weighted by atomic mass is 35.5. The number of alkyl halides is 4. The summed E-state index contributed by atoms with van der Waals surface area (Å²) in [6.45, 7) is -0.347. The number of para-hydroxylation sites is 4. The first-order valence-electron chi connectivity index (χ1n) is 38.3. The molecule has 12 heterocycles. The van der Waals surface area contributed by atoms with Crippen molar-refractivity contribution >= 4 is 132 Å². The Morgan fingerprint density at radius 3 is 1.16 bits per heavy atom. The fraction of sp³-hybridized carbons (Fsp3) is 0.406. The van der Waals surface area contributed by atoms with E-state index in [4.69, 9.17) is 177 Å². The van der Waals surface area contributed by atoms with Crippen molar-refractivity contribution in [3.05, 3.63) is 220 Å². The van der Waals surface area contributed by atoms with Crippen LogP contribution in [0, 0.1) is 41.6 Å². The number of aromatic nitrogens is 6. The van der Waals surface area contributed by atoms with Crippen LogP contribution in [0.4, 0.5) is 17.6 Å². The second-order valence-corrected chi connectivity index (χ2v) is 37.0. The van der Waals surface area contributed by atoms with Gasteiger partial charge in [-0.25, -0.2) is 50.2 Å². The Morgan fingerprint density at radius 2 is 0.774 bits per heavy atom. The van der Waals surface area contributed by atoms with Gasteiger partial charge in [-0.05, 0) is 49.9 Å². The molecule has 3 aromatic heterocycles. The van der Waals surface area contributed by atoms with E-state index in [9.17, 15) is 73.5 Å². The average molecular weight is 1980 g/mol. The molecule has 0 aliphatic carbocycles. The third-order valence-corrected chi connectivity index (χ3v) is 26.6. The molecule has 4 unspecified atom stereocenters. The van der Waals surface area contributed by atoms with Crippen LogP contribution >= 0.6 is 127 Å². The number of phosphoric acid groups is 4. The highest BCUT2D eigenvalue weighted by Crippen LogP contribution is 2.61. The largest absolute Gasteiger partial charge is 0.530 e. The summed E-state index contributed by atoms with van der Waals surface area (Å²) in [6.07, 6.45) is -24.1. The van der Waals surface area contributed by atoms with Crippen LogP contribution in [0.2, 0.25) is 15.1 Å². The first-order chi connectivity index (χ1) is 60.3. The van der Waals surface area contributed by atoms with Gasteiger partial charge in [-0.2, -0.15) is 0 Å². The standard InChI is InChI=1S/C18H19ClFN2O7PS.3C17H17ClFN2O8PS/c1-9-4-3-5-11-7-26-30(25,29-14(9)11)27-8-18(20)15(24)13(23)17(28-18)22-6-12(19)16(31)21-10(22)2;3*1-8-3-2-4-9-6-26-30(25,29-12(8)9)27-7-17(19)13(23)11(22)15(28-17)21-5-10(18)14(31)20-16(21)24/h3-6,13,15,17,23-24H,2,7-8H2,1H3,(H,21,31);3*2-5,11,13,15,22-23H,6-7H2,1H3,(H,20,24,31)/t13-,15+,17-,18-,30?;3*11-,13+,15-,17-,30?/m1111/s1/i8D2,17D;15D;7D2;. The number of nitrogens with one attached hydrogen (secondary N) is 4. The topological polar surface area (TPSA) is 506 Å². The molecule has 124 heavy (non-hydrogen) atoms. The summed E-state index contributed by atoms with van der Waals surface area (Å²) in [5, 5.41) is 84.5. The molecule has 0 amide bonds. The molecule has 9 aliphatic heterocycles. The number of rotatable bonds is 16. The molecule has 0 bridgehead atoms. The van der Waals surface area contributed by atoms with E-state index in [2.05, 4.69) is 26.8 Å². The summed E-state index contributed by atoms with van der Waals surface area (Å²) in [5.74, 6) is -13.5. The highest BCUT2D eigenvalue weighted by molar-refractivity contribution is 7.81. The number of aryl methyl sites for hydroxylation is 4. The number of ether oxygens (including phenoxy) is 4. The van der Waals surface area contributed by atoms with E-state index < -0.39 is 172 Å². The number of phosphoric ester groups is 4. The van der Waals surface area contributed by atoms with Crippen molar-refractivity contribution in [3.63, 3.8) is 0 Å². The van der Waals surface area contributed by atoms with Gasteiger partial charge >= 0.3 is 48.4 Å². The maximum absolute atomic E-state index is 15.9. The number of aromatic amines is 3. The zero-order chi connectivity index (χ0) is 95.6. The van der Waals surface area contributed by atoms with E-state index >= 15 is 17.6 Å². The van der Waals surface area contributed by atoms with E-state index in [1.165, 1.54) is 0 Å². The molecule has 9 aliphatic rings. The van der Waals surface area contributed by atoms with Crippen LogP contribution in [0.3, 0.4) is 0 Å². The number of benzene rings is 4. The number of nitrogens with zero attached hydrogens (tertiary/aromatic N) is 4. The number of aliphatic hydroxyl groups excluding tert-OH is 8.